The van der Waals surface area contributed by atoms with Crippen LogP contribution in [0.25, 0.3) is 11.1 Å². The number of aromatic nitrogens is 1. The molecule has 102 valence electrons. The van der Waals surface area contributed by atoms with Gasteiger partial charge in [-0.25, -0.2) is 0 Å². The number of nitrogens with zero attached hydrogens (tertiary/aromatic N) is 2. The van der Waals surface area contributed by atoms with E-state index in [-0.39, 0.29) is 0 Å². The first kappa shape index (κ1) is 12.3. The number of hydrogen-bond acceptors (Lipinski definition) is 5. The lowest BCUT2D eigenvalue weighted by Gasteiger charge is -2.27. The van der Waals surface area contributed by atoms with Crippen LogP contribution in [0.5, 0.6) is 0 Å². The molecule has 0 atom stereocenters. The van der Waals surface area contributed by atoms with Crippen LogP contribution < -0.4 is 10.6 Å². The Labute approximate surface area is 112 Å². The van der Waals surface area contributed by atoms with Crippen LogP contribution in [0.15, 0.2) is 22.6 Å². The third kappa shape index (κ3) is 2.38. The molecule has 5 heteroatoms. The summed E-state index contributed by atoms with van der Waals surface area (Å²) in [6.45, 7) is 0.551. The van der Waals surface area contributed by atoms with Crippen LogP contribution in [0.2, 0.25) is 0 Å². The lowest BCUT2D eigenvalue weighted by atomic mass is 10.0. The first-order valence-corrected chi connectivity index (χ1v) is 6.65. The van der Waals surface area contributed by atoms with Gasteiger partial charge in [0.2, 0.25) is 0 Å². The standard InChI is InChI=1S/C14H19N3O2/c1-17(9-14(18)6-2-3-7-14)13-16-11-8-10(15)4-5-12(11)19-13/h4-5,8,18H,2-3,6-7,9,15H2,1H3. The largest absolute Gasteiger partial charge is 0.423 e. The molecule has 1 aromatic carbocycles. The molecule has 0 radical (unpaired) electrons. The third-order valence-electron chi connectivity index (χ3n) is 3.79. The molecule has 0 spiro atoms. The number of nitrogen functional groups attached to an aromatic ring is 1. The van der Waals surface area contributed by atoms with Crippen LogP contribution >= 0.6 is 0 Å². The Kier molecular flexibility index (Phi) is 2.86. The van der Waals surface area contributed by atoms with Crippen LogP contribution in [0.3, 0.4) is 0 Å². The SMILES string of the molecule is CN(CC1(O)CCCC1)c1nc2cc(N)ccc2o1. The van der Waals surface area contributed by atoms with Gasteiger partial charge in [0, 0.05) is 12.7 Å². The van der Waals surface area contributed by atoms with Gasteiger partial charge < -0.3 is 20.2 Å². The summed E-state index contributed by atoms with van der Waals surface area (Å²) < 4.78 is 5.69. The van der Waals surface area contributed by atoms with Gasteiger partial charge in [0.25, 0.3) is 6.01 Å². The minimum Gasteiger partial charge on any atom is -0.423 e. The summed E-state index contributed by atoms with van der Waals surface area (Å²) in [6, 6.07) is 5.93. The molecule has 0 bridgehead atoms. The minimum absolute atomic E-state index is 0.529. The van der Waals surface area contributed by atoms with Crippen molar-refractivity contribution in [2.24, 2.45) is 0 Å². The van der Waals surface area contributed by atoms with E-state index in [0.717, 1.165) is 36.8 Å². The van der Waals surface area contributed by atoms with Crippen molar-refractivity contribution in [2.45, 2.75) is 31.3 Å². The number of aliphatic hydroxyl groups is 1. The van der Waals surface area contributed by atoms with Gasteiger partial charge in [0.15, 0.2) is 5.58 Å². The molecular formula is C14H19N3O2. The number of nitrogens with two attached hydrogens (primary N) is 1. The predicted molar refractivity (Wildman–Crippen MR) is 75.1 cm³/mol. The predicted octanol–water partition coefficient (Wildman–Crippen LogP) is 2.15. The highest BCUT2D eigenvalue weighted by Gasteiger charge is 2.33. The Morgan fingerprint density at radius 3 is 2.89 bits per heavy atom. The van der Waals surface area contributed by atoms with Crippen LogP contribution in [0, 0.1) is 0 Å². The van der Waals surface area contributed by atoms with E-state index in [2.05, 4.69) is 4.98 Å². The van der Waals surface area contributed by atoms with E-state index in [4.69, 9.17) is 10.2 Å². The lowest BCUT2D eigenvalue weighted by molar-refractivity contribution is 0.0550. The number of anilines is 2. The fourth-order valence-corrected chi connectivity index (χ4v) is 2.80. The van der Waals surface area contributed by atoms with Gasteiger partial charge in [-0.1, -0.05) is 12.8 Å². The second-order valence-corrected chi connectivity index (χ2v) is 5.51. The number of fused-ring (bicyclic) bond motifs is 1. The molecule has 0 saturated heterocycles. The summed E-state index contributed by atoms with van der Waals surface area (Å²) in [5.41, 5.74) is 7.26. The number of oxazole rings is 1. The molecule has 0 amide bonds. The Morgan fingerprint density at radius 1 is 1.42 bits per heavy atom. The van der Waals surface area contributed by atoms with Crippen molar-refractivity contribution in [3.8, 4) is 0 Å². The molecule has 3 N–H and O–H groups in total. The smallest absolute Gasteiger partial charge is 0.298 e. The van der Waals surface area contributed by atoms with Gasteiger partial charge in [-0.05, 0) is 31.0 Å². The van der Waals surface area contributed by atoms with Gasteiger partial charge in [0.1, 0.15) is 5.52 Å². The normalized spacial score (nSPS) is 18.0. The molecule has 1 aliphatic carbocycles. The number of benzene rings is 1. The van der Waals surface area contributed by atoms with E-state index in [1.165, 1.54) is 0 Å². The molecule has 1 aromatic heterocycles. The third-order valence-corrected chi connectivity index (χ3v) is 3.79. The van der Waals surface area contributed by atoms with Gasteiger partial charge in [-0.15, -0.1) is 0 Å². The van der Waals surface area contributed by atoms with Crippen LogP contribution in [0.4, 0.5) is 11.7 Å². The maximum Gasteiger partial charge on any atom is 0.298 e. The molecule has 0 aliphatic heterocycles. The zero-order chi connectivity index (χ0) is 13.5. The quantitative estimate of drug-likeness (QED) is 0.828. The highest BCUT2D eigenvalue weighted by Crippen LogP contribution is 2.31. The fraction of sp³-hybridized carbons (Fsp3) is 0.500. The van der Waals surface area contributed by atoms with Crippen LogP contribution in [0.1, 0.15) is 25.7 Å². The molecule has 3 rings (SSSR count). The van der Waals surface area contributed by atoms with E-state index in [9.17, 15) is 5.11 Å². The number of likely N-dealkylation sites (N-methyl/N-ethyl adjacent to an activating group) is 1. The summed E-state index contributed by atoms with van der Waals surface area (Å²) in [7, 11) is 1.89. The van der Waals surface area contributed by atoms with Crippen LogP contribution in [-0.4, -0.2) is 29.3 Å². The Morgan fingerprint density at radius 2 is 2.16 bits per heavy atom. The molecular weight excluding hydrogens is 242 g/mol. The van der Waals surface area contributed by atoms with Crippen LogP contribution in [-0.2, 0) is 0 Å². The average Bonchev–Trinajstić information content (AvgIpc) is 2.95. The Bertz CT molecular complexity index is 587. The summed E-state index contributed by atoms with van der Waals surface area (Å²) in [5.74, 6) is 0. The molecule has 19 heavy (non-hydrogen) atoms. The van der Waals surface area contributed by atoms with E-state index < -0.39 is 5.60 Å². The Balaban J connectivity index is 1.83. The minimum atomic E-state index is -0.603. The van der Waals surface area contributed by atoms with Crippen molar-refractivity contribution in [3.05, 3.63) is 18.2 Å². The fourth-order valence-electron chi connectivity index (χ4n) is 2.80. The van der Waals surface area contributed by atoms with Gasteiger partial charge in [-0.3, -0.25) is 0 Å². The Hall–Kier alpha value is -1.75. The average molecular weight is 261 g/mol. The molecule has 1 aliphatic rings. The monoisotopic (exact) mass is 261 g/mol. The first-order valence-electron chi connectivity index (χ1n) is 6.65. The summed E-state index contributed by atoms with van der Waals surface area (Å²) >= 11 is 0. The maximum absolute atomic E-state index is 10.4. The number of hydrogen-bond donors (Lipinski definition) is 2. The highest BCUT2D eigenvalue weighted by molar-refractivity contribution is 5.78. The molecule has 5 nitrogen and oxygen atoms in total. The number of rotatable bonds is 3. The van der Waals surface area contributed by atoms with Crippen molar-refractivity contribution in [2.75, 3.05) is 24.2 Å². The van der Waals surface area contributed by atoms with Crippen molar-refractivity contribution in [1.29, 1.82) is 0 Å². The second-order valence-electron chi connectivity index (χ2n) is 5.51. The summed E-state index contributed by atoms with van der Waals surface area (Å²) in [6.07, 6.45) is 3.89. The molecule has 1 heterocycles. The zero-order valence-corrected chi connectivity index (χ0v) is 11.1. The van der Waals surface area contributed by atoms with Gasteiger partial charge in [-0.2, -0.15) is 4.98 Å². The molecule has 2 aromatic rings. The van der Waals surface area contributed by atoms with E-state index in [1.54, 1.807) is 12.1 Å². The molecule has 1 saturated carbocycles. The van der Waals surface area contributed by atoms with Crippen molar-refractivity contribution in [1.82, 2.24) is 4.98 Å². The van der Waals surface area contributed by atoms with E-state index in [1.807, 2.05) is 18.0 Å². The highest BCUT2D eigenvalue weighted by atomic mass is 16.4. The summed E-state index contributed by atoms with van der Waals surface area (Å²) in [5, 5.41) is 10.4. The van der Waals surface area contributed by atoms with E-state index >= 15 is 0 Å². The molecule has 0 unspecified atom stereocenters. The van der Waals surface area contributed by atoms with E-state index in [0.29, 0.717) is 18.2 Å². The van der Waals surface area contributed by atoms with Crippen molar-refractivity contribution in [3.63, 3.8) is 0 Å². The van der Waals surface area contributed by atoms with Gasteiger partial charge in [0.05, 0.1) is 12.1 Å². The maximum atomic E-state index is 10.4. The molecule has 1 fully saturated rings. The van der Waals surface area contributed by atoms with Crippen molar-refractivity contribution < 1.29 is 9.52 Å². The first-order chi connectivity index (χ1) is 9.06. The lowest BCUT2D eigenvalue weighted by Crippen LogP contribution is -2.39. The zero-order valence-electron chi connectivity index (χ0n) is 11.1. The van der Waals surface area contributed by atoms with Crippen molar-refractivity contribution >= 4 is 22.8 Å². The summed E-state index contributed by atoms with van der Waals surface area (Å²) in [4.78, 5) is 6.29. The second kappa shape index (κ2) is 4.42. The topological polar surface area (TPSA) is 75.5 Å². The van der Waals surface area contributed by atoms with Gasteiger partial charge >= 0.3 is 0 Å².